The summed E-state index contributed by atoms with van der Waals surface area (Å²) in [4.78, 5) is 20.3. The number of benzene rings is 3. The molecule has 0 bridgehead atoms. The number of carbonyl (C=O) groups excluding carboxylic acids is 1. The van der Waals surface area contributed by atoms with Crippen LogP contribution in [-0.2, 0) is 4.79 Å². The van der Waals surface area contributed by atoms with Gasteiger partial charge in [-0.1, -0.05) is 35.9 Å². The Morgan fingerprint density at radius 1 is 1.12 bits per heavy atom. The second kappa shape index (κ2) is 9.31. The van der Waals surface area contributed by atoms with Gasteiger partial charge in [0, 0.05) is 28.4 Å². The summed E-state index contributed by atoms with van der Waals surface area (Å²) in [6.07, 6.45) is 0. The van der Waals surface area contributed by atoms with Crippen LogP contribution in [0.4, 0.5) is 10.1 Å². The Labute approximate surface area is 202 Å². The number of hydrogen-bond donors (Lipinski definition) is 1. The number of aliphatic imine (C=N–C) groups is 1. The van der Waals surface area contributed by atoms with Crippen LogP contribution >= 0.6 is 11.6 Å². The lowest BCUT2D eigenvalue weighted by molar-refractivity contribution is -0.115. The van der Waals surface area contributed by atoms with Crippen LogP contribution in [0.2, 0.25) is 5.02 Å². The molecule has 0 fully saturated rings. The van der Waals surface area contributed by atoms with Crippen molar-refractivity contribution < 1.29 is 13.9 Å². The van der Waals surface area contributed by atoms with Gasteiger partial charge in [0.2, 0.25) is 0 Å². The minimum Gasteiger partial charge on any atom is -0.494 e. The maximum atomic E-state index is 14.4. The summed E-state index contributed by atoms with van der Waals surface area (Å²) >= 11 is 6.12. The Hall–Kier alpha value is -3.64. The maximum Gasteiger partial charge on any atom is 0.275 e. The number of rotatable bonds is 5. The highest BCUT2D eigenvalue weighted by Gasteiger charge is 2.44. The molecule has 34 heavy (non-hydrogen) atoms. The molecule has 2 aliphatic heterocycles. The number of nitrogens with one attached hydrogen (secondary N) is 1. The van der Waals surface area contributed by atoms with Crippen molar-refractivity contribution in [2.45, 2.75) is 13.0 Å². The van der Waals surface area contributed by atoms with E-state index in [1.807, 2.05) is 49.4 Å². The molecule has 172 valence electrons. The van der Waals surface area contributed by atoms with E-state index in [1.165, 1.54) is 12.1 Å². The van der Waals surface area contributed by atoms with E-state index in [1.54, 1.807) is 23.1 Å². The molecular weight excluding hydrogens is 453 g/mol. The molecule has 1 atom stereocenters. The molecule has 3 aromatic carbocycles. The summed E-state index contributed by atoms with van der Waals surface area (Å²) in [5.74, 6) is 0.172. The Bertz CT molecular complexity index is 1290. The largest absolute Gasteiger partial charge is 0.494 e. The van der Waals surface area contributed by atoms with Crippen LogP contribution < -0.4 is 15.0 Å². The highest BCUT2D eigenvalue weighted by atomic mass is 35.5. The van der Waals surface area contributed by atoms with Crippen LogP contribution in [0, 0.1) is 5.82 Å². The van der Waals surface area contributed by atoms with Gasteiger partial charge in [-0.15, -0.1) is 0 Å². The lowest BCUT2D eigenvalue weighted by Gasteiger charge is -2.28. The van der Waals surface area contributed by atoms with Gasteiger partial charge in [-0.2, -0.15) is 0 Å². The van der Waals surface area contributed by atoms with Crippen molar-refractivity contribution in [1.29, 1.82) is 0 Å². The van der Waals surface area contributed by atoms with Crippen molar-refractivity contribution >= 4 is 28.9 Å². The highest BCUT2D eigenvalue weighted by Crippen LogP contribution is 2.43. The summed E-state index contributed by atoms with van der Waals surface area (Å²) in [5.41, 5.74) is 4.11. The van der Waals surface area contributed by atoms with Crippen LogP contribution in [0.15, 0.2) is 89.1 Å². The summed E-state index contributed by atoms with van der Waals surface area (Å²) in [6, 6.07) is 20.6. The van der Waals surface area contributed by atoms with Gasteiger partial charge < -0.3 is 10.1 Å². The third-order valence-electron chi connectivity index (χ3n) is 5.88. The van der Waals surface area contributed by atoms with Gasteiger partial charge >= 0.3 is 0 Å². The normalized spacial score (nSPS) is 17.7. The molecule has 2 aliphatic rings. The van der Waals surface area contributed by atoms with Crippen LogP contribution in [-0.4, -0.2) is 31.3 Å². The first kappa shape index (κ1) is 22.2. The van der Waals surface area contributed by atoms with E-state index in [9.17, 15) is 9.18 Å². The summed E-state index contributed by atoms with van der Waals surface area (Å²) in [7, 11) is 0. The lowest BCUT2D eigenvalue weighted by atomic mass is 9.91. The summed E-state index contributed by atoms with van der Waals surface area (Å²) < 4.78 is 19.9. The van der Waals surface area contributed by atoms with Crippen molar-refractivity contribution in [3.8, 4) is 5.75 Å². The van der Waals surface area contributed by atoms with E-state index in [4.69, 9.17) is 21.3 Å². The molecular formula is C27H23ClFN3O2. The van der Waals surface area contributed by atoms with Crippen molar-refractivity contribution in [2.75, 3.05) is 24.6 Å². The zero-order valence-electron chi connectivity index (χ0n) is 18.6. The van der Waals surface area contributed by atoms with Crippen LogP contribution in [0.3, 0.4) is 0 Å². The average Bonchev–Trinajstić information content (AvgIpc) is 2.98. The molecule has 0 radical (unpaired) electrons. The van der Waals surface area contributed by atoms with Gasteiger partial charge in [-0.3, -0.25) is 14.7 Å². The Kier molecular flexibility index (Phi) is 6.07. The standard InChI is InChI=1S/C27H23ClFN3O2/c1-2-34-22-12-10-21(11-13-22)32-26(18-4-3-5-20(29)16-18)23-24(17-6-8-19(28)9-7-17)30-14-15-31-25(23)27(32)33/h3-13,16,26,31H,2,14-15H2,1H3/t26-/m0/s1. The minimum atomic E-state index is -0.559. The van der Waals surface area contributed by atoms with Gasteiger partial charge in [-0.25, -0.2) is 4.39 Å². The van der Waals surface area contributed by atoms with Crippen LogP contribution in [0.25, 0.3) is 0 Å². The number of hydrogen-bond acceptors (Lipinski definition) is 4. The fraction of sp³-hybridized carbons (Fsp3) is 0.185. The van der Waals surface area contributed by atoms with E-state index in [-0.39, 0.29) is 11.7 Å². The topological polar surface area (TPSA) is 53.9 Å². The third-order valence-corrected chi connectivity index (χ3v) is 6.13. The molecule has 3 aromatic rings. The molecule has 2 heterocycles. The van der Waals surface area contributed by atoms with Gasteiger partial charge in [-0.05, 0) is 61.0 Å². The molecule has 0 aromatic heterocycles. The van der Waals surface area contributed by atoms with E-state index < -0.39 is 6.04 Å². The predicted octanol–water partition coefficient (Wildman–Crippen LogP) is 5.31. The fourth-order valence-corrected chi connectivity index (χ4v) is 4.58. The third kappa shape index (κ3) is 4.05. The SMILES string of the molecule is CCOc1ccc(N2C(=O)C3=C(C(c4ccc(Cl)cc4)=NCCN3)[C@@H]2c2cccc(F)c2)cc1. The highest BCUT2D eigenvalue weighted by molar-refractivity contribution is 6.31. The molecule has 1 amide bonds. The van der Waals surface area contributed by atoms with E-state index in [2.05, 4.69) is 5.32 Å². The number of anilines is 1. The van der Waals surface area contributed by atoms with Gasteiger partial charge in [0.05, 0.1) is 24.9 Å². The van der Waals surface area contributed by atoms with Crippen molar-refractivity contribution in [2.24, 2.45) is 4.99 Å². The molecule has 0 aliphatic carbocycles. The molecule has 0 spiro atoms. The average molecular weight is 476 g/mol. The molecule has 0 saturated carbocycles. The molecule has 5 nitrogen and oxygen atoms in total. The number of halogens is 2. The maximum absolute atomic E-state index is 14.4. The van der Waals surface area contributed by atoms with E-state index in [0.717, 1.165) is 16.9 Å². The zero-order valence-corrected chi connectivity index (χ0v) is 19.3. The summed E-state index contributed by atoms with van der Waals surface area (Å²) in [5, 5.41) is 3.90. The Morgan fingerprint density at radius 3 is 2.59 bits per heavy atom. The Morgan fingerprint density at radius 2 is 1.88 bits per heavy atom. The lowest BCUT2D eigenvalue weighted by Crippen LogP contribution is -2.33. The van der Waals surface area contributed by atoms with E-state index >= 15 is 0 Å². The minimum absolute atomic E-state index is 0.183. The number of nitrogens with zero attached hydrogens (tertiary/aromatic N) is 2. The smallest absolute Gasteiger partial charge is 0.275 e. The molecule has 1 N–H and O–H groups in total. The van der Waals surface area contributed by atoms with Crippen LogP contribution in [0.1, 0.15) is 24.1 Å². The van der Waals surface area contributed by atoms with Crippen molar-refractivity contribution in [3.63, 3.8) is 0 Å². The number of carbonyl (C=O) groups is 1. The zero-order chi connectivity index (χ0) is 23.7. The first-order valence-electron chi connectivity index (χ1n) is 11.2. The van der Waals surface area contributed by atoms with Gasteiger partial charge in [0.1, 0.15) is 17.3 Å². The summed E-state index contributed by atoms with van der Waals surface area (Å²) in [6.45, 7) is 3.50. The first-order chi connectivity index (χ1) is 16.6. The first-order valence-corrected chi connectivity index (χ1v) is 11.6. The number of amides is 1. The second-order valence-corrected chi connectivity index (χ2v) is 8.45. The Balaban J connectivity index is 1.68. The van der Waals surface area contributed by atoms with Crippen molar-refractivity contribution in [3.05, 3.63) is 106 Å². The fourth-order valence-electron chi connectivity index (χ4n) is 4.45. The molecule has 7 heteroatoms. The molecule has 0 saturated heterocycles. The molecule has 5 rings (SSSR count). The second-order valence-electron chi connectivity index (χ2n) is 8.01. The predicted molar refractivity (Wildman–Crippen MR) is 132 cm³/mol. The quantitative estimate of drug-likeness (QED) is 0.544. The monoisotopic (exact) mass is 475 g/mol. The number of ether oxygens (including phenoxy) is 1. The van der Waals surface area contributed by atoms with Gasteiger partial charge in [0.25, 0.3) is 5.91 Å². The van der Waals surface area contributed by atoms with Crippen molar-refractivity contribution in [1.82, 2.24) is 5.32 Å². The molecule has 0 unspecified atom stereocenters. The van der Waals surface area contributed by atoms with E-state index in [0.29, 0.717) is 47.4 Å². The van der Waals surface area contributed by atoms with Crippen LogP contribution in [0.5, 0.6) is 5.75 Å². The van der Waals surface area contributed by atoms with Gasteiger partial charge in [0.15, 0.2) is 0 Å².